The van der Waals surface area contributed by atoms with Gasteiger partial charge in [-0.05, 0) is 42.0 Å². The van der Waals surface area contributed by atoms with Gasteiger partial charge in [0, 0.05) is 12.6 Å². The standard InChI is InChI=1S/C15H22N2O2/c1-10(2)8-17-15(18)9-19-12-4-5-13-11(7-12)3-6-14(13)16/h4-5,7,10,14H,3,6,8-9,16H2,1-2H3,(H,17,18)/t14-/m1/s1. The molecule has 1 aliphatic rings. The molecule has 3 N–H and O–H groups in total. The highest BCUT2D eigenvalue weighted by molar-refractivity contribution is 5.77. The summed E-state index contributed by atoms with van der Waals surface area (Å²) in [5, 5.41) is 2.83. The van der Waals surface area contributed by atoms with Gasteiger partial charge in [0.15, 0.2) is 6.61 Å². The summed E-state index contributed by atoms with van der Waals surface area (Å²) in [5.74, 6) is 1.11. The van der Waals surface area contributed by atoms with Crippen LogP contribution in [0.1, 0.15) is 37.4 Å². The van der Waals surface area contributed by atoms with Crippen molar-refractivity contribution in [1.82, 2.24) is 5.32 Å². The molecule has 19 heavy (non-hydrogen) atoms. The number of hydrogen-bond donors (Lipinski definition) is 2. The van der Waals surface area contributed by atoms with E-state index in [-0.39, 0.29) is 18.6 Å². The van der Waals surface area contributed by atoms with Crippen molar-refractivity contribution >= 4 is 5.91 Å². The van der Waals surface area contributed by atoms with Gasteiger partial charge in [-0.1, -0.05) is 19.9 Å². The summed E-state index contributed by atoms with van der Waals surface area (Å²) in [5.41, 5.74) is 8.43. The summed E-state index contributed by atoms with van der Waals surface area (Å²) >= 11 is 0. The van der Waals surface area contributed by atoms with Crippen LogP contribution in [0.15, 0.2) is 18.2 Å². The van der Waals surface area contributed by atoms with Gasteiger partial charge in [0.2, 0.25) is 0 Å². The topological polar surface area (TPSA) is 64.3 Å². The summed E-state index contributed by atoms with van der Waals surface area (Å²) < 4.78 is 5.51. The third-order valence-electron chi connectivity index (χ3n) is 3.32. The molecule has 4 heteroatoms. The van der Waals surface area contributed by atoms with Crippen LogP contribution in [-0.2, 0) is 11.2 Å². The maximum absolute atomic E-state index is 11.6. The number of rotatable bonds is 5. The Bertz CT molecular complexity index is 457. The van der Waals surface area contributed by atoms with E-state index in [1.165, 1.54) is 11.1 Å². The highest BCUT2D eigenvalue weighted by atomic mass is 16.5. The van der Waals surface area contributed by atoms with E-state index in [2.05, 4.69) is 19.2 Å². The minimum Gasteiger partial charge on any atom is -0.484 e. The summed E-state index contributed by atoms with van der Waals surface area (Å²) in [6, 6.07) is 6.05. The van der Waals surface area contributed by atoms with Crippen LogP contribution in [0.3, 0.4) is 0 Å². The highest BCUT2D eigenvalue weighted by Crippen LogP contribution is 2.31. The molecule has 4 nitrogen and oxygen atoms in total. The number of hydrogen-bond acceptors (Lipinski definition) is 3. The van der Waals surface area contributed by atoms with Crippen molar-refractivity contribution in [3.8, 4) is 5.75 Å². The highest BCUT2D eigenvalue weighted by Gasteiger charge is 2.19. The normalized spacial score (nSPS) is 17.4. The molecule has 0 fully saturated rings. The molecule has 0 aliphatic heterocycles. The molecule has 1 aromatic carbocycles. The van der Waals surface area contributed by atoms with Crippen molar-refractivity contribution in [1.29, 1.82) is 0 Å². The van der Waals surface area contributed by atoms with Gasteiger partial charge in [-0.2, -0.15) is 0 Å². The smallest absolute Gasteiger partial charge is 0.257 e. The third-order valence-corrected chi connectivity index (χ3v) is 3.32. The number of fused-ring (bicyclic) bond motifs is 1. The van der Waals surface area contributed by atoms with Crippen LogP contribution in [0, 0.1) is 5.92 Å². The zero-order valence-electron chi connectivity index (χ0n) is 11.6. The van der Waals surface area contributed by atoms with Crippen molar-refractivity contribution < 1.29 is 9.53 Å². The molecule has 1 atom stereocenters. The zero-order chi connectivity index (χ0) is 13.8. The van der Waals surface area contributed by atoms with Crippen LogP contribution in [0.25, 0.3) is 0 Å². The number of amides is 1. The van der Waals surface area contributed by atoms with E-state index in [9.17, 15) is 4.79 Å². The van der Waals surface area contributed by atoms with Gasteiger partial charge in [0.1, 0.15) is 5.75 Å². The second kappa shape index (κ2) is 6.06. The number of aryl methyl sites for hydroxylation is 1. The molecule has 0 heterocycles. The second-order valence-electron chi connectivity index (χ2n) is 5.49. The molecule has 0 radical (unpaired) electrons. The van der Waals surface area contributed by atoms with E-state index in [4.69, 9.17) is 10.5 Å². The van der Waals surface area contributed by atoms with Crippen molar-refractivity contribution in [3.63, 3.8) is 0 Å². The molecule has 2 rings (SSSR count). The number of benzene rings is 1. The Kier molecular flexibility index (Phi) is 4.43. The maximum atomic E-state index is 11.6. The first-order valence-electron chi connectivity index (χ1n) is 6.84. The number of nitrogens with two attached hydrogens (primary N) is 1. The van der Waals surface area contributed by atoms with Crippen LogP contribution in [-0.4, -0.2) is 19.1 Å². The predicted molar refractivity (Wildman–Crippen MR) is 75.0 cm³/mol. The minimum absolute atomic E-state index is 0.0670. The van der Waals surface area contributed by atoms with Crippen molar-refractivity contribution in [2.75, 3.05) is 13.2 Å². The molecule has 1 aliphatic carbocycles. The Labute approximate surface area is 114 Å². The Morgan fingerprint density at radius 2 is 2.32 bits per heavy atom. The molecule has 0 saturated carbocycles. The van der Waals surface area contributed by atoms with Gasteiger partial charge in [-0.15, -0.1) is 0 Å². The van der Waals surface area contributed by atoms with Crippen LogP contribution in [0.2, 0.25) is 0 Å². The molecular formula is C15H22N2O2. The molecule has 0 unspecified atom stereocenters. The minimum atomic E-state index is -0.0779. The van der Waals surface area contributed by atoms with E-state index in [0.717, 1.165) is 18.6 Å². The van der Waals surface area contributed by atoms with E-state index in [0.29, 0.717) is 12.5 Å². The average molecular weight is 262 g/mol. The van der Waals surface area contributed by atoms with Gasteiger partial charge in [0.05, 0.1) is 0 Å². The predicted octanol–water partition coefficient (Wildman–Crippen LogP) is 1.78. The Hall–Kier alpha value is -1.55. The summed E-state index contributed by atoms with van der Waals surface area (Å²) in [7, 11) is 0. The number of carbonyl (C=O) groups excluding carboxylic acids is 1. The molecule has 0 bridgehead atoms. The fraction of sp³-hybridized carbons (Fsp3) is 0.533. The van der Waals surface area contributed by atoms with Crippen molar-refractivity contribution in [3.05, 3.63) is 29.3 Å². The average Bonchev–Trinajstić information content (AvgIpc) is 2.75. The lowest BCUT2D eigenvalue weighted by molar-refractivity contribution is -0.123. The molecule has 104 valence electrons. The first-order valence-corrected chi connectivity index (χ1v) is 6.84. The van der Waals surface area contributed by atoms with E-state index in [1.54, 1.807) is 0 Å². The van der Waals surface area contributed by atoms with Gasteiger partial charge >= 0.3 is 0 Å². The lowest BCUT2D eigenvalue weighted by atomic mass is 10.1. The van der Waals surface area contributed by atoms with Gasteiger partial charge < -0.3 is 15.8 Å². The molecule has 1 aromatic rings. The Balaban J connectivity index is 1.85. The zero-order valence-corrected chi connectivity index (χ0v) is 11.6. The quantitative estimate of drug-likeness (QED) is 0.850. The molecule has 0 saturated heterocycles. The Morgan fingerprint density at radius 1 is 1.53 bits per heavy atom. The molecular weight excluding hydrogens is 240 g/mol. The summed E-state index contributed by atoms with van der Waals surface area (Å²) in [6.45, 7) is 4.87. The van der Waals surface area contributed by atoms with Crippen LogP contribution in [0.5, 0.6) is 5.75 Å². The van der Waals surface area contributed by atoms with Crippen molar-refractivity contribution in [2.24, 2.45) is 11.7 Å². The fourth-order valence-electron chi connectivity index (χ4n) is 2.23. The van der Waals surface area contributed by atoms with Gasteiger partial charge in [-0.25, -0.2) is 0 Å². The SMILES string of the molecule is CC(C)CNC(=O)COc1ccc2c(c1)CC[C@H]2N. The monoisotopic (exact) mass is 262 g/mol. The van der Waals surface area contributed by atoms with Crippen LogP contribution >= 0.6 is 0 Å². The fourth-order valence-corrected chi connectivity index (χ4v) is 2.23. The summed E-state index contributed by atoms with van der Waals surface area (Å²) in [4.78, 5) is 11.6. The number of carbonyl (C=O) groups is 1. The molecule has 1 amide bonds. The van der Waals surface area contributed by atoms with Crippen LogP contribution in [0.4, 0.5) is 0 Å². The lowest BCUT2D eigenvalue weighted by Gasteiger charge is -2.10. The second-order valence-corrected chi connectivity index (χ2v) is 5.49. The van der Waals surface area contributed by atoms with Crippen LogP contribution < -0.4 is 15.8 Å². The van der Waals surface area contributed by atoms with E-state index in [1.807, 2.05) is 18.2 Å². The van der Waals surface area contributed by atoms with Crippen molar-refractivity contribution in [2.45, 2.75) is 32.7 Å². The largest absolute Gasteiger partial charge is 0.484 e. The maximum Gasteiger partial charge on any atom is 0.257 e. The Morgan fingerprint density at radius 3 is 3.05 bits per heavy atom. The number of nitrogens with one attached hydrogen (secondary N) is 1. The van der Waals surface area contributed by atoms with Gasteiger partial charge in [0.25, 0.3) is 5.91 Å². The van der Waals surface area contributed by atoms with Gasteiger partial charge in [-0.3, -0.25) is 4.79 Å². The number of ether oxygens (including phenoxy) is 1. The molecule has 0 spiro atoms. The molecule has 0 aromatic heterocycles. The third kappa shape index (κ3) is 3.70. The first-order chi connectivity index (χ1) is 9.06. The van der Waals surface area contributed by atoms with E-state index < -0.39 is 0 Å². The lowest BCUT2D eigenvalue weighted by Crippen LogP contribution is -2.31. The summed E-state index contributed by atoms with van der Waals surface area (Å²) in [6.07, 6.45) is 1.99. The van der Waals surface area contributed by atoms with E-state index >= 15 is 0 Å². The first kappa shape index (κ1) is 13.9.